The highest BCUT2D eigenvalue weighted by Gasteiger charge is 2.36. The summed E-state index contributed by atoms with van der Waals surface area (Å²) in [4.78, 5) is 32.7. The molecule has 8 heterocycles. The molecule has 0 bridgehead atoms. The van der Waals surface area contributed by atoms with Gasteiger partial charge in [0, 0.05) is 98.7 Å². The minimum absolute atomic E-state index is 0.226. The van der Waals surface area contributed by atoms with Gasteiger partial charge >= 0.3 is 0 Å². The predicted octanol–water partition coefficient (Wildman–Crippen LogP) is 20.8. The van der Waals surface area contributed by atoms with Gasteiger partial charge in [0.1, 0.15) is 0 Å². The average Bonchev–Trinajstić information content (AvgIpc) is 4.17. The van der Waals surface area contributed by atoms with Crippen LogP contribution in [-0.2, 0) is 19.4 Å². The number of amides is 1. The minimum atomic E-state index is 0.226. The van der Waals surface area contributed by atoms with Crippen LogP contribution in [0.5, 0.6) is 0 Å². The average molecular weight is 1010 g/mol. The van der Waals surface area contributed by atoms with Crippen molar-refractivity contribution in [2.24, 2.45) is 11.8 Å². The third-order valence-corrected chi connectivity index (χ3v) is 22.2. The zero-order valence-corrected chi connectivity index (χ0v) is 45.9. The molecule has 0 spiro atoms. The quantitative estimate of drug-likeness (QED) is 0.0585. The zero-order valence-electron chi connectivity index (χ0n) is 40.2. The summed E-state index contributed by atoms with van der Waals surface area (Å²) in [5, 5.41) is 2.80. The molecular weight excluding hydrogens is 939 g/mol. The summed E-state index contributed by atoms with van der Waals surface area (Å²) < 4.78 is 2.84. The molecule has 2 atom stereocenters. The zero-order chi connectivity index (χ0) is 45.9. The van der Waals surface area contributed by atoms with Gasteiger partial charge in [0.15, 0.2) is 0 Å². The Labute approximate surface area is 422 Å². The van der Waals surface area contributed by atoms with Gasteiger partial charge in [-0.2, -0.15) is 0 Å². The fourth-order valence-corrected chi connectivity index (χ4v) is 18.4. The van der Waals surface area contributed by atoms with Crippen molar-refractivity contribution < 1.29 is 4.79 Å². The van der Waals surface area contributed by atoms with E-state index in [4.69, 9.17) is 0 Å². The van der Waals surface area contributed by atoms with Gasteiger partial charge in [-0.1, -0.05) is 112 Å². The van der Waals surface area contributed by atoms with Gasteiger partial charge in [0.05, 0.1) is 15.3 Å². The summed E-state index contributed by atoms with van der Waals surface area (Å²) in [6.45, 7) is 17.7. The number of carbonyl (C=O) groups excluding carboxylic acids is 1. The summed E-state index contributed by atoms with van der Waals surface area (Å²) in [5.74, 6) is 1.72. The number of rotatable bonds is 23. The molecule has 1 aliphatic heterocycles. The Hall–Kier alpha value is -2.89. The van der Waals surface area contributed by atoms with Gasteiger partial charge in [0.25, 0.3) is 5.91 Å². The molecule has 66 heavy (non-hydrogen) atoms. The van der Waals surface area contributed by atoms with Crippen LogP contribution in [0.3, 0.4) is 0 Å². The predicted molar refractivity (Wildman–Crippen MR) is 301 cm³/mol. The number of carbonyl (C=O) groups is 1. The topological polar surface area (TPSA) is 20.3 Å². The Morgan fingerprint density at radius 1 is 0.500 bits per heavy atom. The van der Waals surface area contributed by atoms with Crippen molar-refractivity contribution in [3.05, 3.63) is 91.3 Å². The van der Waals surface area contributed by atoms with E-state index < -0.39 is 0 Å². The number of fused-ring (bicyclic) bond motifs is 3. The molecule has 8 aromatic rings. The van der Waals surface area contributed by atoms with Gasteiger partial charge in [-0.15, -0.1) is 79.4 Å². The molecule has 0 fully saturated rings. The van der Waals surface area contributed by atoms with Crippen molar-refractivity contribution in [2.75, 3.05) is 6.54 Å². The Balaban J connectivity index is 1.14. The standard InChI is InChI=1S/C57H67NOS7/c1-8-13-16-17-18-29-58-34-43-52(57(58)59)56(66-53(43)47-24-21-35(6)60-47)48-28-27-44(64-48)49-33-42-51(46-26-23-40(63-46)32-38(12-5)20-15-10-3)54-41(30-36(7)61-54)50(55(42)65-49)45-25-22-39(62-45)31-37(11-4)19-14-9-2/h21-28,30,33,37-38H,8-20,29,31-32,34H2,1-7H3. The molecule has 0 radical (unpaired) electrons. The summed E-state index contributed by atoms with van der Waals surface area (Å²) in [6.07, 6.45) is 18.7. The molecule has 0 saturated carbocycles. The number of hydrogen-bond donors (Lipinski definition) is 0. The molecule has 2 nitrogen and oxygen atoms in total. The number of nitrogens with zero attached hydrogens (tertiary/aromatic N) is 1. The number of hydrogen-bond acceptors (Lipinski definition) is 8. The number of unbranched alkanes of at least 4 members (excludes halogenated alkanes) is 6. The van der Waals surface area contributed by atoms with Crippen molar-refractivity contribution in [3.8, 4) is 50.1 Å². The van der Waals surface area contributed by atoms with E-state index in [9.17, 15) is 4.79 Å². The molecule has 9 heteroatoms. The molecule has 0 saturated heterocycles. The lowest BCUT2D eigenvalue weighted by Crippen LogP contribution is -2.25. The second kappa shape index (κ2) is 21.8. The molecule has 0 N–H and O–H groups in total. The van der Waals surface area contributed by atoms with Crippen LogP contribution >= 0.6 is 79.4 Å². The van der Waals surface area contributed by atoms with E-state index in [2.05, 4.69) is 114 Å². The first-order valence-electron chi connectivity index (χ1n) is 25.0. The highest BCUT2D eigenvalue weighted by Crippen LogP contribution is 2.55. The minimum Gasteiger partial charge on any atom is -0.334 e. The van der Waals surface area contributed by atoms with Gasteiger partial charge < -0.3 is 4.90 Å². The van der Waals surface area contributed by atoms with Gasteiger partial charge in [0.2, 0.25) is 0 Å². The van der Waals surface area contributed by atoms with Crippen LogP contribution in [-0.4, -0.2) is 17.4 Å². The van der Waals surface area contributed by atoms with Crippen molar-refractivity contribution in [3.63, 3.8) is 0 Å². The number of thiophene rings is 7. The van der Waals surface area contributed by atoms with E-state index in [0.29, 0.717) is 0 Å². The normalized spacial score (nSPS) is 13.9. The largest absolute Gasteiger partial charge is 0.334 e. The highest BCUT2D eigenvalue weighted by molar-refractivity contribution is 7.30. The van der Waals surface area contributed by atoms with Crippen molar-refractivity contribution in [2.45, 2.75) is 151 Å². The monoisotopic (exact) mass is 1010 g/mol. The second-order valence-electron chi connectivity index (χ2n) is 18.8. The van der Waals surface area contributed by atoms with E-state index >= 15 is 0 Å². The van der Waals surface area contributed by atoms with Crippen molar-refractivity contribution in [1.82, 2.24) is 4.90 Å². The van der Waals surface area contributed by atoms with E-state index in [1.165, 1.54) is 180 Å². The molecule has 0 aliphatic carbocycles. The van der Waals surface area contributed by atoms with Crippen LogP contribution in [0.15, 0.2) is 60.7 Å². The summed E-state index contributed by atoms with van der Waals surface area (Å²) in [7, 11) is 0. The van der Waals surface area contributed by atoms with Crippen LogP contribution in [0, 0.1) is 25.7 Å². The van der Waals surface area contributed by atoms with Crippen LogP contribution in [0.4, 0.5) is 0 Å². The molecule has 7 aromatic heterocycles. The Bertz CT molecular complexity index is 2790. The van der Waals surface area contributed by atoms with Gasteiger partial charge in [-0.3, -0.25) is 4.79 Å². The first-order chi connectivity index (χ1) is 32.2. The number of aryl methyl sites for hydroxylation is 2. The Morgan fingerprint density at radius 3 is 1.70 bits per heavy atom. The third kappa shape index (κ3) is 10.1. The summed E-state index contributed by atoms with van der Waals surface area (Å²) in [6, 6.07) is 23.9. The molecule has 348 valence electrons. The highest BCUT2D eigenvalue weighted by atomic mass is 32.1. The smallest absolute Gasteiger partial charge is 0.256 e. The molecule has 1 amide bonds. The maximum absolute atomic E-state index is 14.4. The van der Waals surface area contributed by atoms with Crippen LogP contribution in [0.1, 0.15) is 154 Å². The van der Waals surface area contributed by atoms with Crippen LogP contribution in [0.2, 0.25) is 0 Å². The number of benzene rings is 1. The maximum Gasteiger partial charge on any atom is 0.256 e. The van der Waals surface area contributed by atoms with E-state index in [1.54, 1.807) is 0 Å². The fourth-order valence-electron chi connectivity index (χ4n) is 10.1. The fraction of sp³-hybridized carbons (Fsp3) is 0.456. The SMILES string of the molecule is CCCCCCCN1Cc2c(-c3ccc(C)s3)sc(-c3ccc(-c4cc5c(-c6ccc(CC(CC)CCCC)s6)c6sc(C)cc6c(-c6ccc(CC(CC)CCCC)s6)c5s4)s3)c2C1=O. The molecule has 1 aliphatic rings. The first kappa shape index (κ1) is 48.1. The molecular formula is C57H67NOS7. The van der Waals surface area contributed by atoms with E-state index in [1.807, 2.05) is 79.4 Å². The molecule has 2 unspecified atom stereocenters. The summed E-state index contributed by atoms with van der Waals surface area (Å²) in [5.41, 5.74) is 5.05. The second-order valence-corrected chi connectivity index (χ2v) is 26.8. The van der Waals surface area contributed by atoms with Gasteiger partial charge in [-0.25, -0.2) is 0 Å². The lowest BCUT2D eigenvalue weighted by molar-refractivity contribution is 0.0776. The molecule has 9 rings (SSSR count). The molecule has 1 aromatic carbocycles. The maximum atomic E-state index is 14.4. The lowest BCUT2D eigenvalue weighted by Gasteiger charge is -2.16. The van der Waals surface area contributed by atoms with Gasteiger partial charge in [-0.05, 0) is 106 Å². The third-order valence-electron chi connectivity index (χ3n) is 13.9. The lowest BCUT2D eigenvalue weighted by atomic mass is 9.95. The van der Waals surface area contributed by atoms with Crippen molar-refractivity contribution >= 4 is 105 Å². The Kier molecular flexibility index (Phi) is 15.9. The van der Waals surface area contributed by atoms with E-state index in [0.717, 1.165) is 41.8 Å². The van der Waals surface area contributed by atoms with Crippen LogP contribution < -0.4 is 0 Å². The van der Waals surface area contributed by atoms with Crippen molar-refractivity contribution in [1.29, 1.82) is 0 Å². The summed E-state index contributed by atoms with van der Waals surface area (Å²) >= 11 is 13.6. The van der Waals surface area contributed by atoms with E-state index in [-0.39, 0.29) is 5.91 Å². The Morgan fingerprint density at radius 2 is 1.08 bits per heavy atom. The van der Waals surface area contributed by atoms with Crippen LogP contribution in [0.25, 0.3) is 70.3 Å². The first-order valence-corrected chi connectivity index (χ1v) is 30.7.